The van der Waals surface area contributed by atoms with E-state index in [-0.39, 0.29) is 23.7 Å². The van der Waals surface area contributed by atoms with Crippen LogP contribution in [-0.4, -0.2) is 55.5 Å². The molecule has 10 heteroatoms. The summed E-state index contributed by atoms with van der Waals surface area (Å²) in [5.41, 5.74) is 0.684. The van der Waals surface area contributed by atoms with E-state index in [1.165, 1.54) is 21.1 Å². The number of methoxy groups -OCH3 is 1. The van der Waals surface area contributed by atoms with Gasteiger partial charge in [0.2, 0.25) is 15.9 Å². The standard InChI is InChI=1S/C20H25N3O6S/c1-4-29-20(25)18-12-16(13-22(18)2)30(26,27)23-11-5-6-17(23)19(24)21-14-7-9-15(28-3)10-8-14/h7-10,12-13,17H,4-6,11H2,1-3H3,(H,21,24). The number of hydrogen-bond acceptors (Lipinski definition) is 6. The van der Waals surface area contributed by atoms with Crippen molar-refractivity contribution in [3.8, 4) is 5.75 Å². The number of ether oxygens (including phenoxy) is 2. The number of carbonyl (C=O) groups is 2. The smallest absolute Gasteiger partial charge is 0.354 e. The van der Waals surface area contributed by atoms with Crippen LogP contribution >= 0.6 is 0 Å². The molecule has 2 aromatic rings. The third-order valence-electron chi connectivity index (χ3n) is 4.93. The summed E-state index contributed by atoms with van der Waals surface area (Å²) >= 11 is 0. The average Bonchev–Trinajstić information content (AvgIpc) is 3.36. The Hall–Kier alpha value is -2.85. The average molecular weight is 436 g/mol. The van der Waals surface area contributed by atoms with E-state index < -0.39 is 27.9 Å². The molecule has 1 unspecified atom stereocenters. The van der Waals surface area contributed by atoms with Gasteiger partial charge in [-0.15, -0.1) is 0 Å². The monoisotopic (exact) mass is 435 g/mol. The van der Waals surface area contributed by atoms with Crippen LogP contribution in [0.3, 0.4) is 0 Å². The van der Waals surface area contributed by atoms with Crippen molar-refractivity contribution >= 4 is 27.6 Å². The number of hydrogen-bond donors (Lipinski definition) is 1. The molecule has 1 amide bonds. The first-order valence-electron chi connectivity index (χ1n) is 9.58. The highest BCUT2D eigenvalue weighted by atomic mass is 32.2. The first kappa shape index (κ1) is 21.8. The minimum Gasteiger partial charge on any atom is -0.497 e. The molecule has 1 N–H and O–H groups in total. The van der Waals surface area contributed by atoms with Gasteiger partial charge in [0, 0.05) is 25.5 Å². The second-order valence-corrected chi connectivity index (χ2v) is 8.77. The molecule has 0 aliphatic carbocycles. The van der Waals surface area contributed by atoms with Crippen LogP contribution in [0, 0.1) is 0 Å². The number of sulfonamides is 1. The zero-order chi connectivity index (χ0) is 21.9. The Kier molecular flexibility index (Phi) is 6.47. The predicted molar refractivity (Wildman–Crippen MR) is 110 cm³/mol. The number of amides is 1. The molecule has 9 nitrogen and oxygen atoms in total. The van der Waals surface area contributed by atoms with E-state index in [1.807, 2.05) is 0 Å². The minimum absolute atomic E-state index is 0.0443. The highest BCUT2D eigenvalue weighted by Crippen LogP contribution is 2.28. The van der Waals surface area contributed by atoms with Gasteiger partial charge in [0.15, 0.2) is 0 Å². The molecule has 1 aliphatic heterocycles. The Morgan fingerprint density at radius 2 is 1.93 bits per heavy atom. The summed E-state index contributed by atoms with van der Waals surface area (Å²) in [7, 11) is -0.842. The van der Waals surface area contributed by atoms with Gasteiger partial charge in [-0.25, -0.2) is 13.2 Å². The summed E-state index contributed by atoms with van der Waals surface area (Å²) in [5, 5.41) is 2.76. The van der Waals surface area contributed by atoms with Crippen molar-refractivity contribution in [1.29, 1.82) is 0 Å². The van der Waals surface area contributed by atoms with Crippen LogP contribution in [0.5, 0.6) is 5.75 Å². The molecule has 162 valence electrons. The molecular formula is C20H25N3O6S. The second kappa shape index (κ2) is 8.88. The van der Waals surface area contributed by atoms with Crippen LogP contribution in [-0.2, 0) is 26.6 Å². The third-order valence-corrected chi connectivity index (χ3v) is 6.81. The molecule has 2 heterocycles. The van der Waals surface area contributed by atoms with Crippen LogP contribution in [0.2, 0.25) is 0 Å². The number of anilines is 1. The summed E-state index contributed by atoms with van der Waals surface area (Å²) in [6.07, 6.45) is 2.34. The van der Waals surface area contributed by atoms with Gasteiger partial charge in [0.25, 0.3) is 0 Å². The predicted octanol–water partition coefficient (Wildman–Crippen LogP) is 2.00. The molecule has 1 saturated heterocycles. The van der Waals surface area contributed by atoms with Crippen molar-refractivity contribution in [2.75, 3.05) is 25.6 Å². The summed E-state index contributed by atoms with van der Waals surface area (Å²) in [6, 6.07) is 7.24. The number of carbonyl (C=O) groups excluding carboxylic acids is 2. The fourth-order valence-electron chi connectivity index (χ4n) is 3.41. The summed E-state index contributed by atoms with van der Waals surface area (Å²) in [4.78, 5) is 24.8. The van der Waals surface area contributed by atoms with Crippen LogP contribution in [0.4, 0.5) is 5.69 Å². The van der Waals surface area contributed by atoms with Gasteiger partial charge in [-0.05, 0) is 50.1 Å². The third kappa shape index (κ3) is 4.34. The molecule has 1 aromatic heterocycles. The van der Waals surface area contributed by atoms with Gasteiger partial charge in [-0.3, -0.25) is 4.79 Å². The highest BCUT2D eigenvalue weighted by Gasteiger charge is 2.40. The lowest BCUT2D eigenvalue weighted by atomic mass is 10.2. The van der Waals surface area contributed by atoms with E-state index in [2.05, 4.69) is 5.32 Å². The van der Waals surface area contributed by atoms with Gasteiger partial charge in [-0.1, -0.05) is 0 Å². The Morgan fingerprint density at radius 1 is 1.23 bits per heavy atom. The van der Waals surface area contributed by atoms with E-state index in [1.54, 1.807) is 45.3 Å². The van der Waals surface area contributed by atoms with Crippen molar-refractivity contribution in [3.63, 3.8) is 0 Å². The molecule has 1 atom stereocenters. The maximum absolute atomic E-state index is 13.2. The largest absolute Gasteiger partial charge is 0.497 e. The Bertz CT molecular complexity index is 1030. The summed E-state index contributed by atoms with van der Waals surface area (Å²) in [6.45, 7) is 2.09. The molecule has 1 aliphatic rings. The van der Waals surface area contributed by atoms with Crippen LogP contribution < -0.4 is 10.1 Å². The van der Waals surface area contributed by atoms with Crippen molar-refractivity contribution in [1.82, 2.24) is 8.87 Å². The maximum atomic E-state index is 13.2. The summed E-state index contributed by atoms with van der Waals surface area (Å²) in [5.74, 6) is -0.348. The van der Waals surface area contributed by atoms with E-state index >= 15 is 0 Å². The first-order chi connectivity index (χ1) is 14.3. The zero-order valence-electron chi connectivity index (χ0n) is 17.1. The fourth-order valence-corrected chi connectivity index (χ4v) is 5.14. The van der Waals surface area contributed by atoms with Crippen molar-refractivity contribution in [3.05, 3.63) is 42.2 Å². The molecule has 1 fully saturated rings. The van der Waals surface area contributed by atoms with Gasteiger partial charge in [0.1, 0.15) is 22.4 Å². The Balaban J connectivity index is 1.80. The van der Waals surface area contributed by atoms with E-state index in [0.717, 1.165) is 0 Å². The van der Waals surface area contributed by atoms with E-state index in [9.17, 15) is 18.0 Å². The van der Waals surface area contributed by atoms with Gasteiger partial charge in [0.05, 0.1) is 13.7 Å². The normalized spacial score (nSPS) is 17.0. The van der Waals surface area contributed by atoms with Crippen molar-refractivity contribution in [2.24, 2.45) is 7.05 Å². The molecule has 3 rings (SSSR count). The molecule has 30 heavy (non-hydrogen) atoms. The summed E-state index contributed by atoms with van der Waals surface area (Å²) < 4.78 is 39.0. The van der Waals surface area contributed by atoms with Crippen LogP contribution in [0.1, 0.15) is 30.3 Å². The van der Waals surface area contributed by atoms with Gasteiger partial charge in [-0.2, -0.15) is 4.31 Å². The number of esters is 1. The Labute approximate surface area is 175 Å². The van der Waals surface area contributed by atoms with E-state index in [0.29, 0.717) is 24.3 Å². The first-order valence-corrected chi connectivity index (χ1v) is 11.0. The quantitative estimate of drug-likeness (QED) is 0.667. The topological polar surface area (TPSA) is 107 Å². The second-order valence-electron chi connectivity index (χ2n) is 6.88. The number of benzene rings is 1. The molecule has 0 bridgehead atoms. The molecule has 0 radical (unpaired) electrons. The fraction of sp³-hybridized carbons (Fsp3) is 0.400. The Morgan fingerprint density at radius 3 is 2.57 bits per heavy atom. The molecular weight excluding hydrogens is 410 g/mol. The molecule has 1 aromatic carbocycles. The van der Waals surface area contributed by atoms with Gasteiger partial charge >= 0.3 is 5.97 Å². The number of aryl methyl sites for hydroxylation is 1. The SMILES string of the molecule is CCOC(=O)c1cc(S(=O)(=O)N2CCCC2C(=O)Nc2ccc(OC)cc2)cn1C. The van der Waals surface area contributed by atoms with Gasteiger partial charge < -0.3 is 19.4 Å². The lowest BCUT2D eigenvalue weighted by Crippen LogP contribution is -2.43. The maximum Gasteiger partial charge on any atom is 0.354 e. The number of rotatable bonds is 7. The molecule has 0 spiro atoms. The number of aromatic nitrogens is 1. The minimum atomic E-state index is -3.96. The molecule has 0 saturated carbocycles. The highest BCUT2D eigenvalue weighted by molar-refractivity contribution is 7.89. The van der Waals surface area contributed by atoms with Crippen molar-refractivity contribution < 1.29 is 27.5 Å². The lowest BCUT2D eigenvalue weighted by molar-refractivity contribution is -0.119. The number of nitrogens with one attached hydrogen (secondary N) is 1. The van der Waals surface area contributed by atoms with Crippen LogP contribution in [0.15, 0.2) is 41.4 Å². The van der Waals surface area contributed by atoms with Crippen LogP contribution in [0.25, 0.3) is 0 Å². The number of nitrogens with zero attached hydrogens (tertiary/aromatic N) is 2. The lowest BCUT2D eigenvalue weighted by Gasteiger charge is -2.23. The zero-order valence-corrected chi connectivity index (χ0v) is 17.9. The van der Waals surface area contributed by atoms with Crippen molar-refractivity contribution in [2.45, 2.75) is 30.7 Å². The van der Waals surface area contributed by atoms with E-state index in [4.69, 9.17) is 9.47 Å².